The molecule has 0 amide bonds. The average Bonchev–Trinajstić information content (AvgIpc) is 3.18. The molecule has 0 radical (unpaired) electrons. The summed E-state index contributed by atoms with van der Waals surface area (Å²) in [6, 6.07) is 17.7. The van der Waals surface area contributed by atoms with E-state index in [0.29, 0.717) is 5.56 Å². The average molecular weight is 462 g/mol. The van der Waals surface area contributed by atoms with E-state index in [1.165, 1.54) is 0 Å². The molecular formula is C25H27N3O2SSi. The van der Waals surface area contributed by atoms with Crippen LogP contribution in [-0.4, -0.2) is 24.6 Å². The molecule has 0 unspecified atom stereocenters. The van der Waals surface area contributed by atoms with Gasteiger partial charge in [0.15, 0.2) is 5.82 Å². The van der Waals surface area contributed by atoms with E-state index in [0.717, 1.165) is 44.2 Å². The molecule has 0 atom stereocenters. The van der Waals surface area contributed by atoms with Crippen molar-refractivity contribution in [3.8, 4) is 16.2 Å². The first-order valence-electron chi connectivity index (χ1n) is 10.5. The molecule has 7 heteroatoms. The van der Waals surface area contributed by atoms with Crippen LogP contribution in [-0.2, 0) is 0 Å². The van der Waals surface area contributed by atoms with Gasteiger partial charge in [0, 0.05) is 22.2 Å². The van der Waals surface area contributed by atoms with Crippen molar-refractivity contribution in [1.29, 1.82) is 0 Å². The Morgan fingerprint density at radius 1 is 1.03 bits per heavy atom. The van der Waals surface area contributed by atoms with E-state index in [1.54, 1.807) is 17.7 Å². The highest BCUT2D eigenvalue weighted by Gasteiger charge is 2.38. The lowest BCUT2D eigenvalue weighted by Gasteiger charge is -2.36. The van der Waals surface area contributed by atoms with Crippen molar-refractivity contribution >= 4 is 47.7 Å². The quantitative estimate of drug-likeness (QED) is 0.241. The first-order valence-corrected chi connectivity index (χ1v) is 14.2. The maximum absolute atomic E-state index is 10.9. The summed E-state index contributed by atoms with van der Waals surface area (Å²) < 4.78 is 7.44. The van der Waals surface area contributed by atoms with Crippen LogP contribution < -0.4 is 9.74 Å². The highest BCUT2D eigenvalue weighted by atomic mass is 32.1. The van der Waals surface area contributed by atoms with Gasteiger partial charge in [0.2, 0.25) is 8.32 Å². The molecule has 2 heterocycles. The molecule has 1 N–H and O–H groups in total. The molecule has 4 aromatic rings. The zero-order valence-electron chi connectivity index (χ0n) is 19.0. The number of aromatic nitrogens is 2. The Labute approximate surface area is 193 Å². The molecule has 0 saturated carbocycles. The second-order valence-corrected chi connectivity index (χ2v) is 15.1. The number of fused-ring (bicyclic) bond motifs is 1. The van der Waals surface area contributed by atoms with E-state index in [9.17, 15) is 4.79 Å². The summed E-state index contributed by atoms with van der Waals surface area (Å²) in [7, 11) is -1.92. The second kappa shape index (κ2) is 8.48. The maximum Gasteiger partial charge on any atom is 0.250 e. The fourth-order valence-corrected chi connectivity index (χ4v) is 5.12. The van der Waals surface area contributed by atoms with Gasteiger partial charge in [-0.05, 0) is 41.9 Å². The fourth-order valence-electron chi connectivity index (χ4n) is 3.03. The highest BCUT2D eigenvalue weighted by molar-refractivity contribution is 7.22. The zero-order valence-corrected chi connectivity index (χ0v) is 20.8. The minimum absolute atomic E-state index is 0.131. The third-order valence-corrected chi connectivity index (χ3v) is 11.5. The molecule has 5 nitrogen and oxygen atoms in total. The Bertz CT molecular complexity index is 1260. The number of rotatable bonds is 6. The van der Waals surface area contributed by atoms with Gasteiger partial charge in [0.25, 0.3) is 0 Å². The number of thiophene rings is 1. The number of anilines is 2. The minimum Gasteiger partial charge on any atom is -0.543 e. The lowest BCUT2D eigenvalue weighted by atomic mass is 10.1. The van der Waals surface area contributed by atoms with E-state index in [1.807, 2.05) is 48.5 Å². The minimum atomic E-state index is -1.92. The van der Waals surface area contributed by atoms with Crippen LogP contribution in [0, 0.1) is 0 Å². The topological polar surface area (TPSA) is 64.1 Å². The van der Waals surface area contributed by atoms with Crippen LogP contribution in [0.25, 0.3) is 20.7 Å². The van der Waals surface area contributed by atoms with Gasteiger partial charge >= 0.3 is 0 Å². The first-order chi connectivity index (χ1) is 15.2. The second-order valence-electron chi connectivity index (χ2n) is 9.30. The third kappa shape index (κ3) is 4.59. The lowest BCUT2D eigenvalue weighted by molar-refractivity contribution is 0.112. The number of carbonyl (C=O) groups excluding carboxylic acids is 1. The summed E-state index contributed by atoms with van der Waals surface area (Å²) in [6.07, 6.45) is 2.43. The van der Waals surface area contributed by atoms with Crippen molar-refractivity contribution in [1.82, 2.24) is 9.97 Å². The molecule has 0 aliphatic heterocycles. The van der Waals surface area contributed by atoms with Crippen molar-refractivity contribution in [2.45, 2.75) is 38.9 Å². The molecule has 0 bridgehead atoms. The van der Waals surface area contributed by atoms with E-state index in [-0.39, 0.29) is 5.04 Å². The number of carbonyl (C=O) groups is 1. The fraction of sp³-hybridized carbons (Fsp3) is 0.240. The summed E-state index contributed by atoms with van der Waals surface area (Å²) in [6.45, 7) is 11.2. The van der Waals surface area contributed by atoms with E-state index in [4.69, 9.17) is 4.43 Å². The first kappa shape index (κ1) is 22.2. The van der Waals surface area contributed by atoms with Gasteiger partial charge in [-0.2, -0.15) is 0 Å². The lowest BCUT2D eigenvalue weighted by Crippen LogP contribution is -2.43. The van der Waals surface area contributed by atoms with Crippen LogP contribution >= 0.6 is 11.3 Å². The van der Waals surface area contributed by atoms with E-state index < -0.39 is 8.32 Å². The summed E-state index contributed by atoms with van der Waals surface area (Å²) in [5.41, 5.74) is 3.52. The van der Waals surface area contributed by atoms with Crippen LogP contribution in [0.5, 0.6) is 5.75 Å². The molecule has 2 aromatic carbocycles. The van der Waals surface area contributed by atoms with Crippen LogP contribution in [0.4, 0.5) is 11.5 Å². The van der Waals surface area contributed by atoms with Crippen molar-refractivity contribution in [2.24, 2.45) is 0 Å². The Morgan fingerprint density at radius 3 is 2.47 bits per heavy atom. The van der Waals surface area contributed by atoms with Crippen LogP contribution in [0.1, 0.15) is 31.1 Å². The van der Waals surface area contributed by atoms with Crippen molar-refractivity contribution in [2.75, 3.05) is 5.32 Å². The Kier molecular flexibility index (Phi) is 5.88. The Hall–Kier alpha value is -3.03. The van der Waals surface area contributed by atoms with Crippen LogP contribution in [0.3, 0.4) is 0 Å². The number of nitrogens with one attached hydrogen (secondary N) is 1. The molecule has 164 valence electrons. The van der Waals surface area contributed by atoms with E-state index in [2.05, 4.69) is 55.2 Å². The van der Waals surface area contributed by atoms with Gasteiger partial charge in [0.1, 0.15) is 18.4 Å². The standard InChI is InChI=1S/C25H27N3O2SSi/c1-25(2,3)32(4,5)30-20-8-6-7-19(13-20)28-24-23-21(26-16-27-24)14-22(31-23)18-11-9-17(15-29)10-12-18/h6-16H,1-5H3,(H,26,27,28). The summed E-state index contributed by atoms with van der Waals surface area (Å²) >= 11 is 1.63. The smallest absolute Gasteiger partial charge is 0.250 e. The molecule has 0 saturated heterocycles. The van der Waals surface area contributed by atoms with Gasteiger partial charge in [-0.25, -0.2) is 9.97 Å². The number of nitrogens with zero attached hydrogens (tertiary/aromatic N) is 2. The predicted octanol–water partition coefficient (Wildman–Crippen LogP) is 7.30. The van der Waals surface area contributed by atoms with Crippen LogP contribution in [0.15, 0.2) is 60.9 Å². The van der Waals surface area contributed by atoms with Gasteiger partial charge in [-0.15, -0.1) is 11.3 Å². The van der Waals surface area contributed by atoms with Gasteiger partial charge < -0.3 is 9.74 Å². The van der Waals surface area contributed by atoms with Crippen molar-refractivity contribution < 1.29 is 9.22 Å². The molecule has 32 heavy (non-hydrogen) atoms. The Morgan fingerprint density at radius 2 is 1.78 bits per heavy atom. The summed E-state index contributed by atoms with van der Waals surface area (Å²) in [5.74, 6) is 1.63. The normalized spacial score (nSPS) is 12.0. The molecule has 2 aromatic heterocycles. The van der Waals surface area contributed by atoms with Crippen molar-refractivity contribution in [3.63, 3.8) is 0 Å². The molecule has 4 rings (SSSR count). The molecule has 0 fully saturated rings. The molecule has 0 aliphatic carbocycles. The SMILES string of the molecule is CC(C)(C)[Si](C)(C)Oc1cccc(Nc2ncnc3cc(-c4ccc(C=O)cc4)sc23)c1. The summed E-state index contributed by atoms with van der Waals surface area (Å²) in [4.78, 5) is 20.9. The van der Waals surface area contributed by atoms with Crippen LogP contribution in [0.2, 0.25) is 18.1 Å². The number of hydrogen-bond donors (Lipinski definition) is 1. The van der Waals surface area contributed by atoms with Gasteiger partial charge in [0.05, 0.1) is 10.2 Å². The van der Waals surface area contributed by atoms with E-state index >= 15 is 0 Å². The Balaban J connectivity index is 1.62. The maximum atomic E-state index is 10.9. The van der Waals surface area contributed by atoms with Gasteiger partial charge in [-0.1, -0.05) is 51.1 Å². The highest BCUT2D eigenvalue weighted by Crippen LogP contribution is 2.39. The largest absolute Gasteiger partial charge is 0.543 e. The molecule has 0 aliphatic rings. The van der Waals surface area contributed by atoms with Gasteiger partial charge in [-0.3, -0.25) is 4.79 Å². The number of benzene rings is 2. The zero-order chi connectivity index (χ0) is 22.9. The monoisotopic (exact) mass is 461 g/mol. The predicted molar refractivity (Wildman–Crippen MR) is 136 cm³/mol. The molecular weight excluding hydrogens is 434 g/mol. The summed E-state index contributed by atoms with van der Waals surface area (Å²) in [5, 5.41) is 3.57. The third-order valence-electron chi connectivity index (χ3n) is 5.92. The number of aldehydes is 1. The number of hydrogen-bond acceptors (Lipinski definition) is 6. The molecule has 0 spiro atoms. The van der Waals surface area contributed by atoms with Crippen molar-refractivity contribution in [3.05, 3.63) is 66.5 Å².